The molecule has 0 aliphatic rings. The second-order valence-electron chi connectivity index (χ2n) is 6.89. The van der Waals surface area contributed by atoms with E-state index in [4.69, 9.17) is 21.6 Å². The van der Waals surface area contributed by atoms with Gasteiger partial charge in [-0.1, -0.05) is 11.6 Å². The fraction of sp³-hybridized carbons (Fsp3) is 0.190. The Bertz CT molecular complexity index is 1300. The third-order valence-corrected chi connectivity index (χ3v) is 4.87. The summed E-state index contributed by atoms with van der Waals surface area (Å²) in [6.45, 7) is 2.16. The van der Waals surface area contributed by atoms with Crippen molar-refractivity contribution in [1.29, 1.82) is 5.26 Å². The van der Waals surface area contributed by atoms with Crippen molar-refractivity contribution < 1.29 is 9.53 Å². The largest absolute Gasteiger partial charge is 0.496 e. The maximum atomic E-state index is 13.0. The van der Waals surface area contributed by atoms with Crippen molar-refractivity contribution in [2.75, 3.05) is 12.4 Å². The first kappa shape index (κ1) is 20.4. The molecule has 0 spiro atoms. The van der Waals surface area contributed by atoms with E-state index in [1.165, 1.54) is 10.7 Å². The quantitative estimate of drug-likeness (QED) is 0.494. The van der Waals surface area contributed by atoms with Crippen molar-refractivity contribution in [3.05, 3.63) is 59.6 Å². The number of hydrogen-bond donors (Lipinski definition) is 1. The predicted octanol–water partition coefficient (Wildman–Crippen LogP) is 3.67. The van der Waals surface area contributed by atoms with Crippen LogP contribution < -0.4 is 10.1 Å². The summed E-state index contributed by atoms with van der Waals surface area (Å²) in [6, 6.07) is 9.07. The Morgan fingerprint density at radius 1 is 1.42 bits per heavy atom. The van der Waals surface area contributed by atoms with Gasteiger partial charge in [-0.25, -0.2) is 9.50 Å². The van der Waals surface area contributed by atoms with Gasteiger partial charge in [0.15, 0.2) is 5.65 Å². The van der Waals surface area contributed by atoms with Crippen LogP contribution >= 0.6 is 11.6 Å². The van der Waals surface area contributed by atoms with Gasteiger partial charge in [-0.05, 0) is 31.2 Å². The predicted molar refractivity (Wildman–Crippen MR) is 115 cm³/mol. The van der Waals surface area contributed by atoms with Gasteiger partial charge in [-0.15, -0.1) is 0 Å². The lowest BCUT2D eigenvalue weighted by Crippen LogP contribution is -2.12. The first-order valence-electron chi connectivity index (χ1n) is 9.41. The number of nitriles is 1. The van der Waals surface area contributed by atoms with E-state index >= 15 is 0 Å². The van der Waals surface area contributed by atoms with Crippen LogP contribution in [-0.2, 0) is 6.54 Å². The monoisotopic (exact) mass is 435 g/mol. The van der Waals surface area contributed by atoms with E-state index in [1.807, 2.05) is 0 Å². The molecule has 0 aliphatic carbocycles. The summed E-state index contributed by atoms with van der Waals surface area (Å²) in [6.07, 6.45) is 6.44. The molecular weight excluding hydrogens is 418 g/mol. The first-order valence-corrected chi connectivity index (χ1v) is 9.78. The SMILES string of the molecule is COc1ccc(Cl)cc1-c1nn(CC(C)C#N)cc1NC(=O)c1cnn2cccnc12. The van der Waals surface area contributed by atoms with Gasteiger partial charge in [0.05, 0.1) is 37.5 Å². The van der Waals surface area contributed by atoms with E-state index in [-0.39, 0.29) is 11.8 Å². The minimum atomic E-state index is -0.385. The first-order chi connectivity index (χ1) is 15.0. The van der Waals surface area contributed by atoms with E-state index in [0.29, 0.717) is 45.5 Å². The molecule has 0 aliphatic heterocycles. The van der Waals surface area contributed by atoms with Gasteiger partial charge in [0.25, 0.3) is 5.91 Å². The molecule has 0 saturated carbocycles. The number of halogens is 1. The number of fused-ring (bicyclic) bond motifs is 1. The normalized spacial score (nSPS) is 11.8. The number of anilines is 1. The molecule has 0 radical (unpaired) electrons. The number of hydrogen-bond acceptors (Lipinski definition) is 6. The van der Waals surface area contributed by atoms with Crippen molar-refractivity contribution in [3.63, 3.8) is 0 Å². The van der Waals surface area contributed by atoms with Crippen LogP contribution in [0.1, 0.15) is 17.3 Å². The third kappa shape index (κ3) is 4.06. The molecule has 156 valence electrons. The van der Waals surface area contributed by atoms with Crippen LogP contribution in [0.2, 0.25) is 5.02 Å². The van der Waals surface area contributed by atoms with Crippen LogP contribution in [0.25, 0.3) is 16.9 Å². The van der Waals surface area contributed by atoms with Crippen molar-refractivity contribution in [1.82, 2.24) is 24.4 Å². The highest BCUT2D eigenvalue weighted by atomic mass is 35.5. The number of amides is 1. The number of aromatic nitrogens is 5. The average Bonchev–Trinajstić information content (AvgIpc) is 3.37. The Balaban J connectivity index is 1.76. The second-order valence-corrected chi connectivity index (χ2v) is 7.32. The molecule has 10 heteroatoms. The molecule has 1 atom stereocenters. The Hall–Kier alpha value is -3.90. The molecule has 1 N–H and O–H groups in total. The summed E-state index contributed by atoms with van der Waals surface area (Å²) < 4.78 is 8.60. The number of carbonyl (C=O) groups is 1. The lowest BCUT2D eigenvalue weighted by Gasteiger charge is -2.09. The van der Waals surface area contributed by atoms with E-state index in [9.17, 15) is 4.79 Å². The van der Waals surface area contributed by atoms with Gasteiger partial charge in [0, 0.05) is 29.2 Å². The highest BCUT2D eigenvalue weighted by molar-refractivity contribution is 6.31. The molecule has 31 heavy (non-hydrogen) atoms. The van der Waals surface area contributed by atoms with Gasteiger partial charge in [0.1, 0.15) is 17.0 Å². The average molecular weight is 436 g/mol. The molecule has 1 amide bonds. The zero-order valence-electron chi connectivity index (χ0n) is 16.8. The minimum absolute atomic E-state index is 0.263. The Morgan fingerprint density at radius 3 is 3.03 bits per heavy atom. The van der Waals surface area contributed by atoms with Gasteiger partial charge in [-0.2, -0.15) is 15.5 Å². The summed E-state index contributed by atoms with van der Waals surface area (Å²) in [4.78, 5) is 17.3. The number of carbonyl (C=O) groups excluding carboxylic acids is 1. The zero-order valence-corrected chi connectivity index (χ0v) is 17.5. The van der Waals surface area contributed by atoms with Crippen LogP contribution in [-0.4, -0.2) is 37.4 Å². The number of methoxy groups -OCH3 is 1. The van der Waals surface area contributed by atoms with Gasteiger partial charge < -0.3 is 10.1 Å². The maximum absolute atomic E-state index is 13.0. The van der Waals surface area contributed by atoms with E-state index in [1.54, 1.807) is 61.6 Å². The van der Waals surface area contributed by atoms with Crippen molar-refractivity contribution in [2.45, 2.75) is 13.5 Å². The van der Waals surface area contributed by atoms with Crippen molar-refractivity contribution in [3.8, 4) is 23.1 Å². The number of benzene rings is 1. The summed E-state index contributed by atoms with van der Waals surface area (Å²) in [5.74, 6) is -0.0960. The van der Waals surface area contributed by atoms with Crippen LogP contribution in [0.15, 0.2) is 49.1 Å². The molecule has 0 saturated heterocycles. The summed E-state index contributed by atoms with van der Waals surface area (Å²) in [7, 11) is 1.55. The Kier molecular flexibility index (Phi) is 5.56. The molecule has 0 bridgehead atoms. The summed E-state index contributed by atoms with van der Waals surface area (Å²) in [5, 5.41) is 21.3. The maximum Gasteiger partial charge on any atom is 0.261 e. The fourth-order valence-electron chi connectivity index (χ4n) is 3.17. The number of rotatable bonds is 6. The van der Waals surface area contributed by atoms with Crippen molar-refractivity contribution >= 4 is 28.8 Å². The van der Waals surface area contributed by atoms with Gasteiger partial charge >= 0.3 is 0 Å². The molecule has 3 aromatic heterocycles. The topological polar surface area (TPSA) is 110 Å². The van der Waals surface area contributed by atoms with E-state index in [0.717, 1.165) is 0 Å². The minimum Gasteiger partial charge on any atom is -0.496 e. The number of nitrogens with one attached hydrogen (secondary N) is 1. The van der Waals surface area contributed by atoms with Gasteiger partial charge in [-0.3, -0.25) is 9.48 Å². The molecule has 9 nitrogen and oxygen atoms in total. The highest BCUT2D eigenvalue weighted by Crippen LogP contribution is 2.36. The number of nitrogens with zero attached hydrogens (tertiary/aromatic N) is 6. The lowest BCUT2D eigenvalue weighted by atomic mass is 10.1. The summed E-state index contributed by atoms with van der Waals surface area (Å²) in [5.41, 5.74) is 2.30. The Labute approximate surface area is 182 Å². The molecule has 0 fully saturated rings. The van der Waals surface area contributed by atoms with E-state index < -0.39 is 0 Å². The standard InChI is InChI=1S/C21H18ClN7O2/c1-13(9-23)11-28-12-17(19(27-28)15-8-14(22)4-5-18(15)31-2)26-21(30)16-10-25-29-7-3-6-24-20(16)29/h3-8,10,12-13H,11H2,1-2H3,(H,26,30). The molecule has 3 heterocycles. The smallest absolute Gasteiger partial charge is 0.261 e. The van der Waals surface area contributed by atoms with Gasteiger partial charge in [0.2, 0.25) is 0 Å². The molecule has 4 rings (SSSR count). The fourth-order valence-corrected chi connectivity index (χ4v) is 3.34. The zero-order chi connectivity index (χ0) is 22.0. The Morgan fingerprint density at radius 2 is 2.26 bits per heavy atom. The molecular formula is C21H18ClN7O2. The molecule has 1 unspecified atom stereocenters. The molecule has 1 aromatic carbocycles. The third-order valence-electron chi connectivity index (χ3n) is 4.63. The lowest BCUT2D eigenvalue weighted by molar-refractivity contribution is 0.102. The highest BCUT2D eigenvalue weighted by Gasteiger charge is 2.21. The van der Waals surface area contributed by atoms with Crippen LogP contribution in [0.3, 0.4) is 0 Å². The van der Waals surface area contributed by atoms with Crippen molar-refractivity contribution in [2.24, 2.45) is 5.92 Å². The number of ether oxygens (including phenoxy) is 1. The van der Waals surface area contributed by atoms with Crippen LogP contribution in [0, 0.1) is 17.2 Å². The summed E-state index contributed by atoms with van der Waals surface area (Å²) >= 11 is 6.20. The molecule has 4 aromatic rings. The second kappa shape index (κ2) is 8.45. The van der Waals surface area contributed by atoms with E-state index in [2.05, 4.69) is 26.6 Å². The van der Waals surface area contributed by atoms with Crippen LogP contribution in [0.5, 0.6) is 5.75 Å². The van der Waals surface area contributed by atoms with Crippen LogP contribution in [0.4, 0.5) is 5.69 Å².